The molecule has 1 atom stereocenters. The summed E-state index contributed by atoms with van der Waals surface area (Å²) in [7, 11) is 1.26. The molecule has 0 saturated heterocycles. The lowest BCUT2D eigenvalue weighted by atomic mass is 9.86. The summed E-state index contributed by atoms with van der Waals surface area (Å²) in [5, 5.41) is 21.8. The molecule has 0 saturated carbocycles. The first kappa shape index (κ1) is 27.7. The highest BCUT2D eigenvalue weighted by atomic mass is 16.5. The highest BCUT2D eigenvalue weighted by molar-refractivity contribution is 5.88. The van der Waals surface area contributed by atoms with Crippen LogP contribution in [0, 0.1) is 12.8 Å². The van der Waals surface area contributed by atoms with Crippen molar-refractivity contribution in [2.24, 2.45) is 5.92 Å². The third-order valence-corrected chi connectivity index (χ3v) is 7.28. The van der Waals surface area contributed by atoms with Crippen LogP contribution in [0.2, 0.25) is 0 Å². The van der Waals surface area contributed by atoms with Crippen LogP contribution in [0.4, 0.5) is 0 Å². The average molecular weight is 554 g/mol. The van der Waals surface area contributed by atoms with Crippen molar-refractivity contribution in [3.8, 4) is 22.6 Å². The lowest BCUT2D eigenvalue weighted by Gasteiger charge is -2.22. The van der Waals surface area contributed by atoms with E-state index >= 15 is 0 Å². The predicted octanol–water partition coefficient (Wildman–Crippen LogP) is 5.85. The van der Waals surface area contributed by atoms with Crippen LogP contribution in [0.3, 0.4) is 0 Å². The molecule has 0 fully saturated rings. The fraction of sp³-hybridized carbons (Fsp3) is 0.242. The molecule has 0 unspecified atom stereocenters. The van der Waals surface area contributed by atoms with E-state index in [0.717, 1.165) is 16.5 Å². The number of rotatable bonds is 7. The van der Waals surface area contributed by atoms with E-state index in [9.17, 15) is 24.6 Å². The van der Waals surface area contributed by atoms with Crippen LogP contribution in [-0.2, 0) is 16.1 Å². The molecule has 3 aromatic carbocycles. The van der Waals surface area contributed by atoms with E-state index in [2.05, 4.69) is 0 Å². The standard InChI is InChI=1S/C33H31NO7/c1-18(2)16-34-27-11-5-19(3)13-21(27)14-25(33(34)39)24(15-29(37)40-4)30-28(36)12-10-23-31(38)26(17-41-32(23)30)20-6-8-22(35)9-7-20/h5-14,17-18,24,35-36H,15-16H2,1-4H3/t24-/m1/s1. The number of aryl methyl sites for hydroxylation is 1. The zero-order valence-electron chi connectivity index (χ0n) is 23.3. The molecule has 210 valence electrons. The first-order valence-corrected chi connectivity index (χ1v) is 13.4. The fourth-order valence-corrected chi connectivity index (χ4v) is 5.33. The number of esters is 1. The number of pyridine rings is 1. The Labute approximate surface area is 236 Å². The molecule has 8 heteroatoms. The number of aromatic nitrogens is 1. The van der Waals surface area contributed by atoms with Gasteiger partial charge in [0.25, 0.3) is 5.56 Å². The second kappa shape index (κ2) is 11.0. The number of phenols is 2. The smallest absolute Gasteiger partial charge is 0.306 e. The number of phenolic OH excluding ortho intramolecular Hbond substituents is 2. The monoisotopic (exact) mass is 553 g/mol. The SMILES string of the molecule is COC(=O)C[C@H](c1cc2cc(C)ccc2n(CC(C)C)c1=O)c1c(O)ccc2c(=O)c(-c3ccc(O)cc3)coc12. The van der Waals surface area contributed by atoms with Gasteiger partial charge >= 0.3 is 5.97 Å². The van der Waals surface area contributed by atoms with Crippen LogP contribution < -0.4 is 11.0 Å². The molecule has 0 amide bonds. The minimum atomic E-state index is -0.968. The molecule has 0 radical (unpaired) electrons. The number of benzene rings is 3. The lowest BCUT2D eigenvalue weighted by molar-refractivity contribution is -0.140. The van der Waals surface area contributed by atoms with Crippen molar-refractivity contribution in [2.45, 2.75) is 39.7 Å². The van der Waals surface area contributed by atoms with Crippen molar-refractivity contribution in [3.05, 3.63) is 104 Å². The Morgan fingerprint density at radius 2 is 1.73 bits per heavy atom. The Balaban J connectivity index is 1.81. The molecule has 0 spiro atoms. The molecular formula is C33H31NO7. The molecule has 5 aromatic rings. The molecule has 2 heterocycles. The second-order valence-electron chi connectivity index (χ2n) is 10.7. The summed E-state index contributed by atoms with van der Waals surface area (Å²) in [6.07, 6.45) is 1.02. The van der Waals surface area contributed by atoms with Crippen LogP contribution >= 0.6 is 0 Å². The van der Waals surface area contributed by atoms with Gasteiger partial charge in [-0.05, 0) is 66.3 Å². The van der Waals surface area contributed by atoms with Crippen molar-refractivity contribution in [2.75, 3.05) is 7.11 Å². The number of aromatic hydroxyl groups is 2. The number of methoxy groups -OCH3 is 1. The number of carbonyl (C=O) groups excluding carboxylic acids is 1. The topological polar surface area (TPSA) is 119 Å². The van der Waals surface area contributed by atoms with Gasteiger partial charge in [-0.25, -0.2) is 0 Å². The number of ether oxygens (including phenoxy) is 1. The zero-order chi connectivity index (χ0) is 29.4. The summed E-state index contributed by atoms with van der Waals surface area (Å²) in [5.74, 6) is -1.55. The Morgan fingerprint density at radius 3 is 2.41 bits per heavy atom. The van der Waals surface area contributed by atoms with Gasteiger partial charge in [0.1, 0.15) is 23.3 Å². The minimum absolute atomic E-state index is 0.0606. The molecule has 0 aliphatic carbocycles. The van der Waals surface area contributed by atoms with E-state index in [4.69, 9.17) is 9.15 Å². The third-order valence-electron chi connectivity index (χ3n) is 7.28. The molecule has 2 aromatic heterocycles. The Kier molecular flexibility index (Phi) is 7.41. The zero-order valence-corrected chi connectivity index (χ0v) is 23.3. The van der Waals surface area contributed by atoms with Gasteiger partial charge in [-0.1, -0.05) is 37.6 Å². The second-order valence-corrected chi connectivity index (χ2v) is 10.7. The van der Waals surface area contributed by atoms with Gasteiger partial charge in [-0.15, -0.1) is 0 Å². The quantitative estimate of drug-likeness (QED) is 0.243. The summed E-state index contributed by atoms with van der Waals surface area (Å²) in [6.45, 7) is 6.44. The van der Waals surface area contributed by atoms with Gasteiger partial charge in [0.2, 0.25) is 5.43 Å². The summed E-state index contributed by atoms with van der Waals surface area (Å²) in [6, 6.07) is 16.5. The number of nitrogens with zero attached hydrogens (tertiary/aromatic N) is 1. The summed E-state index contributed by atoms with van der Waals surface area (Å²) in [4.78, 5) is 40.4. The number of hydrogen-bond acceptors (Lipinski definition) is 7. The van der Waals surface area contributed by atoms with Crippen LogP contribution in [0.5, 0.6) is 11.5 Å². The summed E-state index contributed by atoms with van der Waals surface area (Å²) in [5.41, 5.74) is 2.42. The largest absolute Gasteiger partial charge is 0.508 e. The predicted molar refractivity (Wildman–Crippen MR) is 158 cm³/mol. The Hall–Kier alpha value is -4.85. The normalized spacial score (nSPS) is 12.2. The molecule has 0 aliphatic rings. The van der Waals surface area contributed by atoms with E-state index in [0.29, 0.717) is 12.1 Å². The highest BCUT2D eigenvalue weighted by Gasteiger charge is 2.30. The number of hydrogen-bond donors (Lipinski definition) is 2. The van der Waals surface area contributed by atoms with Gasteiger partial charge in [0.15, 0.2) is 0 Å². The summed E-state index contributed by atoms with van der Waals surface area (Å²) >= 11 is 0. The molecule has 5 rings (SSSR count). The van der Waals surface area contributed by atoms with E-state index in [1.807, 2.05) is 39.0 Å². The van der Waals surface area contributed by atoms with E-state index in [1.54, 1.807) is 22.8 Å². The van der Waals surface area contributed by atoms with Gasteiger partial charge in [0, 0.05) is 23.6 Å². The average Bonchev–Trinajstić information content (AvgIpc) is 2.94. The molecule has 41 heavy (non-hydrogen) atoms. The maximum absolute atomic E-state index is 14.1. The first-order chi connectivity index (χ1) is 19.6. The van der Waals surface area contributed by atoms with Crippen LogP contribution in [0.1, 0.15) is 42.9 Å². The van der Waals surface area contributed by atoms with E-state index in [-0.39, 0.29) is 62.5 Å². The van der Waals surface area contributed by atoms with Gasteiger partial charge in [-0.2, -0.15) is 0 Å². The van der Waals surface area contributed by atoms with Gasteiger partial charge < -0.3 is 23.9 Å². The first-order valence-electron chi connectivity index (χ1n) is 13.4. The maximum atomic E-state index is 14.1. The van der Waals surface area contributed by atoms with Gasteiger partial charge in [0.05, 0.1) is 30.0 Å². The van der Waals surface area contributed by atoms with Crippen molar-refractivity contribution < 1.29 is 24.2 Å². The molecular weight excluding hydrogens is 522 g/mol. The lowest BCUT2D eigenvalue weighted by Crippen LogP contribution is -2.29. The Bertz CT molecular complexity index is 1900. The van der Waals surface area contributed by atoms with Crippen molar-refractivity contribution in [1.29, 1.82) is 0 Å². The molecule has 0 aliphatic heterocycles. The van der Waals surface area contributed by atoms with Crippen molar-refractivity contribution in [1.82, 2.24) is 4.57 Å². The third kappa shape index (κ3) is 5.20. The summed E-state index contributed by atoms with van der Waals surface area (Å²) < 4.78 is 12.7. The number of carbonyl (C=O) groups is 1. The van der Waals surface area contributed by atoms with Crippen molar-refractivity contribution >= 4 is 27.8 Å². The minimum Gasteiger partial charge on any atom is -0.508 e. The molecule has 2 N–H and O–H groups in total. The van der Waals surface area contributed by atoms with Crippen LogP contribution in [-0.4, -0.2) is 27.9 Å². The fourth-order valence-electron chi connectivity index (χ4n) is 5.33. The van der Waals surface area contributed by atoms with Gasteiger partial charge in [-0.3, -0.25) is 14.4 Å². The van der Waals surface area contributed by atoms with Crippen molar-refractivity contribution in [3.63, 3.8) is 0 Å². The highest BCUT2D eigenvalue weighted by Crippen LogP contribution is 2.39. The van der Waals surface area contributed by atoms with Crippen LogP contribution in [0.15, 0.2) is 80.9 Å². The van der Waals surface area contributed by atoms with E-state index in [1.165, 1.54) is 37.6 Å². The molecule has 8 nitrogen and oxygen atoms in total. The van der Waals surface area contributed by atoms with E-state index < -0.39 is 11.9 Å². The number of fused-ring (bicyclic) bond motifs is 2. The Morgan fingerprint density at radius 1 is 1.00 bits per heavy atom. The van der Waals surface area contributed by atoms with Crippen LogP contribution in [0.25, 0.3) is 33.0 Å². The molecule has 0 bridgehead atoms. The maximum Gasteiger partial charge on any atom is 0.306 e.